The molecule has 0 saturated carbocycles. The fraction of sp³-hybridized carbons (Fsp3) is 0.385. The molecule has 19 heavy (non-hydrogen) atoms. The van der Waals surface area contributed by atoms with Crippen molar-refractivity contribution in [3.05, 3.63) is 35.4 Å². The number of aromatic nitrogens is 3. The number of alkyl halides is 3. The number of rotatable bonds is 2. The minimum absolute atomic E-state index is 0.497. The highest BCUT2D eigenvalue weighted by Crippen LogP contribution is 2.32. The molecule has 0 fully saturated rings. The molecule has 102 valence electrons. The van der Waals surface area contributed by atoms with Crippen molar-refractivity contribution in [1.82, 2.24) is 14.8 Å². The molecule has 2 aromatic heterocycles. The lowest BCUT2D eigenvalue weighted by Gasteiger charge is -2.08. The van der Waals surface area contributed by atoms with Gasteiger partial charge in [-0.05, 0) is 38.5 Å². The number of nitrogens with zero attached hydrogens (tertiary/aromatic N) is 3. The van der Waals surface area contributed by atoms with Crippen molar-refractivity contribution in [3.8, 4) is 11.1 Å². The average molecular weight is 269 g/mol. The van der Waals surface area contributed by atoms with Gasteiger partial charge in [-0.15, -0.1) is 0 Å². The van der Waals surface area contributed by atoms with Gasteiger partial charge < -0.3 is 0 Å². The van der Waals surface area contributed by atoms with E-state index in [1.807, 2.05) is 13.8 Å². The molecule has 0 bridgehead atoms. The molecular formula is C13H14F3N3. The summed E-state index contributed by atoms with van der Waals surface area (Å²) in [6, 6.07) is 2.64. The molecule has 6 heteroatoms. The van der Waals surface area contributed by atoms with Crippen LogP contribution in [0.25, 0.3) is 11.1 Å². The van der Waals surface area contributed by atoms with Gasteiger partial charge in [0.05, 0.1) is 5.69 Å². The first kappa shape index (κ1) is 13.6. The number of hydrogen-bond donors (Lipinski definition) is 0. The summed E-state index contributed by atoms with van der Waals surface area (Å²) in [4.78, 5) is 3.37. The smallest absolute Gasteiger partial charge is 0.269 e. The number of aryl methyl sites for hydroxylation is 2. The molecule has 0 aliphatic heterocycles. The topological polar surface area (TPSA) is 30.7 Å². The Morgan fingerprint density at radius 2 is 1.95 bits per heavy atom. The third-order valence-corrected chi connectivity index (χ3v) is 3.02. The van der Waals surface area contributed by atoms with Gasteiger partial charge in [-0.3, -0.25) is 9.67 Å². The Kier molecular flexibility index (Phi) is 3.34. The van der Waals surface area contributed by atoms with E-state index in [1.54, 1.807) is 17.7 Å². The van der Waals surface area contributed by atoms with Crippen molar-refractivity contribution in [3.63, 3.8) is 0 Å². The van der Waals surface area contributed by atoms with Gasteiger partial charge in [0.1, 0.15) is 5.69 Å². The lowest BCUT2D eigenvalue weighted by molar-refractivity contribution is -0.141. The third kappa shape index (κ3) is 2.47. The fourth-order valence-electron chi connectivity index (χ4n) is 2.16. The first-order valence-electron chi connectivity index (χ1n) is 5.92. The number of hydrogen-bond acceptors (Lipinski definition) is 2. The lowest BCUT2D eigenvalue weighted by Crippen LogP contribution is -2.07. The SMILES string of the molecule is CCn1nc(C)c(-c2ccnc(C(F)(F)F)c2)c1C. The van der Waals surface area contributed by atoms with Crippen LogP contribution < -0.4 is 0 Å². The standard InChI is InChI=1S/C13H14F3N3/c1-4-19-9(3)12(8(2)18-19)10-5-6-17-11(7-10)13(14,15)16/h5-7H,4H2,1-3H3. The monoisotopic (exact) mass is 269 g/mol. The van der Waals surface area contributed by atoms with Crippen molar-refractivity contribution in [1.29, 1.82) is 0 Å². The van der Waals surface area contributed by atoms with E-state index in [-0.39, 0.29) is 0 Å². The zero-order valence-electron chi connectivity index (χ0n) is 10.9. The zero-order valence-corrected chi connectivity index (χ0v) is 10.9. The van der Waals surface area contributed by atoms with Gasteiger partial charge in [-0.2, -0.15) is 18.3 Å². The Balaban J connectivity index is 2.57. The van der Waals surface area contributed by atoms with Crippen molar-refractivity contribution in [2.75, 3.05) is 0 Å². The van der Waals surface area contributed by atoms with E-state index < -0.39 is 11.9 Å². The summed E-state index contributed by atoms with van der Waals surface area (Å²) >= 11 is 0. The van der Waals surface area contributed by atoms with Crippen molar-refractivity contribution < 1.29 is 13.2 Å². The van der Waals surface area contributed by atoms with Gasteiger partial charge in [0.15, 0.2) is 0 Å². The van der Waals surface area contributed by atoms with E-state index >= 15 is 0 Å². The summed E-state index contributed by atoms with van der Waals surface area (Å²) in [7, 11) is 0. The molecule has 0 aliphatic rings. The number of pyridine rings is 1. The second-order valence-corrected chi connectivity index (χ2v) is 4.29. The summed E-state index contributed by atoms with van der Waals surface area (Å²) in [5.41, 5.74) is 1.94. The quantitative estimate of drug-likeness (QED) is 0.834. The van der Waals surface area contributed by atoms with Crippen molar-refractivity contribution >= 4 is 0 Å². The Hall–Kier alpha value is -1.85. The Labute approximate surface area is 109 Å². The van der Waals surface area contributed by atoms with Crippen LogP contribution in [-0.4, -0.2) is 14.8 Å². The molecule has 0 N–H and O–H groups in total. The van der Waals surface area contributed by atoms with E-state index in [0.717, 1.165) is 23.0 Å². The van der Waals surface area contributed by atoms with Gasteiger partial charge in [0.25, 0.3) is 0 Å². The molecule has 0 radical (unpaired) electrons. The largest absolute Gasteiger partial charge is 0.433 e. The van der Waals surface area contributed by atoms with E-state index in [9.17, 15) is 13.2 Å². The average Bonchev–Trinajstić information content (AvgIpc) is 2.63. The maximum atomic E-state index is 12.7. The molecular weight excluding hydrogens is 255 g/mol. The molecule has 0 spiro atoms. The van der Waals surface area contributed by atoms with Crippen LogP contribution in [0.2, 0.25) is 0 Å². The highest BCUT2D eigenvalue weighted by Gasteiger charge is 2.32. The first-order valence-corrected chi connectivity index (χ1v) is 5.92. The predicted octanol–water partition coefficient (Wildman–Crippen LogP) is 3.60. The summed E-state index contributed by atoms with van der Waals surface area (Å²) in [6.45, 7) is 6.27. The minimum atomic E-state index is -4.43. The number of halogens is 3. The maximum absolute atomic E-state index is 12.7. The third-order valence-electron chi connectivity index (χ3n) is 3.02. The lowest BCUT2D eigenvalue weighted by atomic mass is 10.0. The summed E-state index contributed by atoms with van der Waals surface area (Å²) < 4.78 is 39.8. The van der Waals surface area contributed by atoms with Crippen LogP contribution in [0.3, 0.4) is 0 Å². The van der Waals surface area contributed by atoms with Crippen LogP contribution in [0, 0.1) is 13.8 Å². The van der Waals surface area contributed by atoms with Crippen LogP contribution >= 0.6 is 0 Å². The molecule has 0 atom stereocenters. The van der Waals surface area contributed by atoms with Gasteiger partial charge in [0.2, 0.25) is 0 Å². The molecule has 2 rings (SSSR count). The Morgan fingerprint density at radius 3 is 2.47 bits per heavy atom. The van der Waals surface area contributed by atoms with Crippen LogP contribution in [0.5, 0.6) is 0 Å². The van der Waals surface area contributed by atoms with Crippen molar-refractivity contribution in [2.45, 2.75) is 33.5 Å². The van der Waals surface area contributed by atoms with Crippen molar-refractivity contribution in [2.24, 2.45) is 0 Å². The van der Waals surface area contributed by atoms with Gasteiger partial charge in [0, 0.05) is 24.0 Å². The minimum Gasteiger partial charge on any atom is -0.269 e. The normalized spacial score (nSPS) is 11.9. The van der Waals surface area contributed by atoms with Crippen LogP contribution in [0.15, 0.2) is 18.3 Å². The molecule has 0 unspecified atom stereocenters. The van der Waals surface area contributed by atoms with Crippen LogP contribution in [0.1, 0.15) is 24.0 Å². The van der Waals surface area contributed by atoms with E-state index in [2.05, 4.69) is 10.1 Å². The second kappa shape index (κ2) is 4.68. The van der Waals surface area contributed by atoms with Crippen LogP contribution in [0.4, 0.5) is 13.2 Å². The van der Waals surface area contributed by atoms with Gasteiger partial charge in [-0.1, -0.05) is 0 Å². The Morgan fingerprint density at radius 1 is 1.26 bits per heavy atom. The van der Waals surface area contributed by atoms with Crippen LogP contribution in [-0.2, 0) is 12.7 Å². The Bertz CT molecular complexity index is 600. The van der Waals surface area contributed by atoms with E-state index in [1.165, 1.54) is 6.20 Å². The molecule has 3 nitrogen and oxygen atoms in total. The zero-order chi connectivity index (χ0) is 14.2. The molecule has 0 aliphatic carbocycles. The van der Waals surface area contributed by atoms with E-state index in [4.69, 9.17) is 0 Å². The highest BCUT2D eigenvalue weighted by atomic mass is 19.4. The highest BCUT2D eigenvalue weighted by molar-refractivity contribution is 5.68. The summed E-state index contributed by atoms with van der Waals surface area (Å²) in [5.74, 6) is 0. The molecule has 0 amide bonds. The second-order valence-electron chi connectivity index (χ2n) is 4.29. The maximum Gasteiger partial charge on any atom is 0.433 e. The molecule has 0 aromatic carbocycles. The summed E-state index contributed by atoms with van der Waals surface area (Å²) in [6.07, 6.45) is -3.25. The molecule has 2 aromatic rings. The first-order chi connectivity index (χ1) is 8.84. The van der Waals surface area contributed by atoms with E-state index in [0.29, 0.717) is 12.1 Å². The van der Waals surface area contributed by atoms with Gasteiger partial charge in [-0.25, -0.2) is 0 Å². The molecule has 0 saturated heterocycles. The van der Waals surface area contributed by atoms with Gasteiger partial charge >= 0.3 is 6.18 Å². The predicted molar refractivity (Wildman–Crippen MR) is 65.6 cm³/mol. The fourth-order valence-corrected chi connectivity index (χ4v) is 2.16. The summed E-state index contributed by atoms with van der Waals surface area (Å²) in [5, 5.41) is 4.31. The molecule has 2 heterocycles.